The Bertz CT molecular complexity index is 80.6. The molecule has 0 radical (unpaired) electrons. The molecule has 0 N–H and O–H groups in total. The van der Waals surface area contributed by atoms with Crippen LogP contribution in [-0.2, 0) is 0 Å². The first-order chi connectivity index (χ1) is 4.34. The molecule has 1 aliphatic rings. The van der Waals surface area contributed by atoms with Crippen LogP contribution >= 0.6 is 0 Å². The fourth-order valence-electron chi connectivity index (χ4n) is 2.00. The molecule has 9 heavy (non-hydrogen) atoms. The van der Waals surface area contributed by atoms with Gasteiger partial charge in [0.1, 0.15) is 0 Å². The van der Waals surface area contributed by atoms with E-state index < -0.39 is 0 Å². The van der Waals surface area contributed by atoms with Crippen LogP contribution in [0.15, 0.2) is 0 Å². The van der Waals surface area contributed by atoms with Crippen molar-refractivity contribution in [2.45, 2.75) is 50.7 Å². The first-order valence-electron chi connectivity index (χ1n) is 4.34. The van der Waals surface area contributed by atoms with Gasteiger partial charge in [-0.1, -0.05) is 45.2 Å². The summed E-state index contributed by atoms with van der Waals surface area (Å²) in [4.78, 5) is 0. The lowest BCUT2D eigenvalue weighted by Crippen LogP contribution is -2.19. The number of hydrogen-bond acceptors (Lipinski definition) is 0. The van der Waals surface area contributed by atoms with Gasteiger partial charge in [0, 0.05) is 8.80 Å². The summed E-state index contributed by atoms with van der Waals surface area (Å²) in [5.41, 5.74) is 1.19. The molecule has 0 nitrogen and oxygen atoms in total. The largest absolute Gasteiger partial charge is 0.0718 e. The quantitative estimate of drug-likeness (QED) is 0.494. The molecule has 0 spiro atoms. The Morgan fingerprint density at radius 1 is 1.44 bits per heavy atom. The molecular formula is C8H18Si. The third-order valence-electron chi connectivity index (χ3n) is 2.81. The summed E-state index contributed by atoms with van der Waals surface area (Å²) in [6.07, 6.45) is 6.09. The molecule has 2 unspecified atom stereocenters. The smallest absolute Gasteiger partial charge is 0.0367 e. The van der Waals surface area contributed by atoms with Gasteiger partial charge in [0.05, 0.1) is 0 Å². The Balaban J connectivity index is 2.30. The van der Waals surface area contributed by atoms with Crippen LogP contribution < -0.4 is 0 Å². The lowest BCUT2D eigenvalue weighted by Gasteiger charge is -2.26. The van der Waals surface area contributed by atoms with Gasteiger partial charge in [0.15, 0.2) is 0 Å². The van der Waals surface area contributed by atoms with Crippen LogP contribution in [0, 0.1) is 0 Å². The zero-order valence-corrected chi connectivity index (χ0v) is 7.84. The first kappa shape index (κ1) is 7.33. The van der Waals surface area contributed by atoms with Crippen molar-refractivity contribution in [1.29, 1.82) is 0 Å². The minimum absolute atomic E-state index is 0.209. The van der Waals surface area contributed by atoms with Gasteiger partial charge in [-0.05, 0) is 5.54 Å². The van der Waals surface area contributed by atoms with Crippen LogP contribution in [0.5, 0.6) is 0 Å². The molecule has 0 aromatic rings. The molecule has 0 bridgehead atoms. The third-order valence-corrected chi connectivity index (χ3v) is 6.55. The zero-order chi connectivity index (χ0) is 6.69. The summed E-state index contributed by atoms with van der Waals surface area (Å²) in [5.74, 6) is 0. The maximum atomic E-state index is 2.55. The van der Waals surface area contributed by atoms with E-state index in [1.807, 2.05) is 0 Å². The molecule has 1 heteroatoms. The van der Waals surface area contributed by atoms with E-state index in [4.69, 9.17) is 0 Å². The van der Waals surface area contributed by atoms with E-state index in [0.717, 1.165) is 0 Å². The third kappa shape index (κ3) is 1.82. The van der Waals surface area contributed by atoms with Crippen molar-refractivity contribution in [1.82, 2.24) is 0 Å². The highest BCUT2D eigenvalue weighted by Gasteiger charge is 2.19. The maximum absolute atomic E-state index is 2.55. The average Bonchev–Trinajstić information content (AvgIpc) is 1.89. The predicted octanol–water partition coefficient (Wildman–Crippen LogP) is 2.81. The Morgan fingerprint density at radius 2 is 2.22 bits per heavy atom. The maximum Gasteiger partial charge on any atom is 0.0367 e. The van der Waals surface area contributed by atoms with Crippen LogP contribution in [0.3, 0.4) is 0 Å². The minimum Gasteiger partial charge on any atom is -0.0718 e. The van der Waals surface area contributed by atoms with Gasteiger partial charge < -0.3 is 0 Å². The Hall–Kier alpha value is 0.217. The van der Waals surface area contributed by atoms with Gasteiger partial charge in [-0.2, -0.15) is 0 Å². The average molecular weight is 142 g/mol. The fourth-order valence-corrected chi connectivity index (χ4v) is 5.01. The molecular weight excluding hydrogens is 124 g/mol. The molecule has 0 amide bonds. The van der Waals surface area contributed by atoms with Gasteiger partial charge >= 0.3 is 0 Å². The lowest BCUT2D eigenvalue weighted by molar-refractivity contribution is 0.606. The van der Waals surface area contributed by atoms with E-state index >= 15 is 0 Å². The van der Waals surface area contributed by atoms with Gasteiger partial charge in [-0.3, -0.25) is 0 Å². The highest BCUT2D eigenvalue weighted by Crippen LogP contribution is 2.30. The Kier molecular flexibility index (Phi) is 2.77. The summed E-state index contributed by atoms with van der Waals surface area (Å²) in [5, 5.41) is 0. The van der Waals surface area contributed by atoms with E-state index in [9.17, 15) is 0 Å². The summed E-state index contributed by atoms with van der Waals surface area (Å²) in [6, 6.07) is 1.62. The molecule has 1 rings (SSSR count). The van der Waals surface area contributed by atoms with Crippen molar-refractivity contribution in [2.75, 3.05) is 0 Å². The second kappa shape index (κ2) is 3.40. The summed E-state index contributed by atoms with van der Waals surface area (Å²) < 4.78 is 0. The van der Waals surface area contributed by atoms with Crippen LogP contribution in [0.25, 0.3) is 0 Å². The molecule has 1 heterocycles. The summed E-state index contributed by atoms with van der Waals surface area (Å²) >= 11 is 0. The first-order valence-corrected chi connectivity index (χ1v) is 6.98. The molecule has 54 valence electrons. The predicted molar refractivity (Wildman–Crippen MR) is 45.7 cm³/mol. The highest BCUT2D eigenvalue weighted by atomic mass is 28.3. The molecule has 0 aromatic carbocycles. The van der Waals surface area contributed by atoms with E-state index in [-0.39, 0.29) is 8.80 Å². The Morgan fingerprint density at radius 3 is 2.67 bits per heavy atom. The molecule has 1 fully saturated rings. The minimum atomic E-state index is -0.209. The van der Waals surface area contributed by atoms with Gasteiger partial charge in [0.25, 0.3) is 0 Å². The van der Waals surface area contributed by atoms with E-state index in [2.05, 4.69) is 13.5 Å². The molecule has 1 aliphatic heterocycles. The summed E-state index contributed by atoms with van der Waals surface area (Å²) in [6.45, 7) is 4.91. The molecule has 1 saturated heterocycles. The summed E-state index contributed by atoms with van der Waals surface area (Å²) in [7, 11) is -0.209. The van der Waals surface area contributed by atoms with Crippen LogP contribution in [0.2, 0.25) is 18.1 Å². The number of hydrogen-bond donors (Lipinski definition) is 0. The van der Waals surface area contributed by atoms with Crippen molar-refractivity contribution in [2.24, 2.45) is 0 Å². The Labute approximate surface area is 60.3 Å². The SMILES string of the molecule is CCC1CCCC[SiH]1C. The second-order valence-electron chi connectivity index (χ2n) is 3.43. The normalized spacial score (nSPS) is 36.7. The van der Waals surface area contributed by atoms with Crippen molar-refractivity contribution in [3.8, 4) is 0 Å². The second-order valence-corrected chi connectivity index (χ2v) is 6.90. The van der Waals surface area contributed by atoms with E-state index in [0.29, 0.717) is 0 Å². The number of rotatable bonds is 1. The topological polar surface area (TPSA) is 0 Å². The lowest BCUT2D eigenvalue weighted by atomic mass is 10.1. The van der Waals surface area contributed by atoms with Crippen molar-refractivity contribution < 1.29 is 0 Å². The van der Waals surface area contributed by atoms with Crippen molar-refractivity contribution in [3.63, 3.8) is 0 Å². The van der Waals surface area contributed by atoms with Gasteiger partial charge in [-0.25, -0.2) is 0 Å². The van der Waals surface area contributed by atoms with E-state index in [1.54, 1.807) is 18.9 Å². The van der Waals surface area contributed by atoms with Crippen LogP contribution in [-0.4, -0.2) is 8.80 Å². The zero-order valence-electron chi connectivity index (χ0n) is 6.69. The fraction of sp³-hybridized carbons (Fsp3) is 1.00. The van der Waals surface area contributed by atoms with Crippen LogP contribution in [0.1, 0.15) is 32.6 Å². The van der Waals surface area contributed by atoms with Crippen molar-refractivity contribution >= 4 is 8.80 Å². The van der Waals surface area contributed by atoms with Gasteiger partial charge in [0.2, 0.25) is 0 Å². The monoisotopic (exact) mass is 142 g/mol. The van der Waals surface area contributed by atoms with Crippen LogP contribution in [0.4, 0.5) is 0 Å². The van der Waals surface area contributed by atoms with Gasteiger partial charge in [-0.15, -0.1) is 0 Å². The van der Waals surface area contributed by atoms with Crippen molar-refractivity contribution in [3.05, 3.63) is 0 Å². The molecule has 0 aliphatic carbocycles. The van der Waals surface area contributed by atoms with E-state index in [1.165, 1.54) is 18.4 Å². The molecule has 0 aromatic heterocycles. The highest BCUT2D eigenvalue weighted by molar-refractivity contribution is 6.59. The standard InChI is InChI=1S/C8H18Si/c1-3-8-6-4-5-7-9(8)2/h8-9H,3-7H2,1-2H3. The molecule has 2 atom stereocenters. The molecule has 0 saturated carbocycles.